The van der Waals surface area contributed by atoms with Gasteiger partial charge in [-0.2, -0.15) is 13.2 Å². The molecule has 0 radical (unpaired) electrons. The summed E-state index contributed by atoms with van der Waals surface area (Å²) in [4.78, 5) is 19.3. The van der Waals surface area contributed by atoms with Gasteiger partial charge in [0.05, 0.1) is 15.9 Å². The Morgan fingerprint density at radius 1 is 0.913 bits per heavy atom. The number of nitro benzene ring substituents is 2. The van der Waals surface area contributed by atoms with Crippen molar-refractivity contribution in [2.45, 2.75) is 6.18 Å². The topological polar surface area (TPSA) is 86.3 Å². The van der Waals surface area contributed by atoms with Gasteiger partial charge in [-0.05, 0) is 17.7 Å². The fourth-order valence-corrected chi connectivity index (χ4v) is 2.02. The van der Waals surface area contributed by atoms with Crippen molar-refractivity contribution < 1.29 is 27.4 Å². The lowest BCUT2D eigenvalue weighted by Gasteiger charge is -2.13. The molecule has 0 amide bonds. The number of hydrogen-bond acceptors (Lipinski definition) is 4. The largest absolute Gasteiger partial charge is 0.423 e. The summed E-state index contributed by atoms with van der Waals surface area (Å²) in [7, 11) is 0. The van der Waals surface area contributed by atoms with Crippen LogP contribution in [0.25, 0.3) is 11.1 Å². The number of nitro groups is 2. The van der Waals surface area contributed by atoms with Crippen molar-refractivity contribution in [3.05, 3.63) is 68.0 Å². The van der Waals surface area contributed by atoms with Crippen LogP contribution >= 0.6 is 0 Å². The van der Waals surface area contributed by atoms with Gasteiger partial charge < -0.3 is 0 Å². The van der Waals surface area contributed by atoms with E-state index in [9.17, 15) is 37.8 Å². The van der Waals surface area contributed by atoms with Gasteiger partial charge in [-0.15, -0.1) is 0 Å². The third-order valence-corrected chi connectivity index (χ3v) is 2.95. The van der Waals surface area contributed by atoms with E-state index in [1.54, 1.807) is 0 Å². The molecule has 0 fully saturated rings. The maximum absolute atomic E-state index is 13.2. The molecule has 0 saturated heterocycles. The molecule has 0 atom stereocenters. The van der Waals surface area contributed by atoms with E-state index in [1.807, 2.05) is 0 Å². The van der Waals surface area contributed by atoms with Gasteiger partial charge in [0.25, 0.3) is 11.4 Å². The molecule has 0 N–H and O–H groups in total. The van der Waals surface area contributed by atoms with Crippen molar-refractivity contribution in [1.82, 2.24) is 0 Å². The van der Waals surface area contributed by atoms with Crippen LogP contribution in [-0.2, 0) is 6.18 Å². The second kappa shape index (κ2) is 5.63. The minimum atomic E-state index is -5.12. The van der Waals surface area contributed by atoms with E-state index in [0.29, 0.717) is 6.07 Å². The van der Waals surface area contributed by atoms with E-state index < -0.39 is 44.3 Å². The van der Waals surface area contributed by atoms with E-state index in [4.69, 9.17) is 0 Å². The van der Waals surface area contributed by atoms with Crippen molar-refractivity contribution >= 4 is 11.4 Å². The lowest BCUT2D eigenvalue weighted by atomic mass is 9.97. The van der Waals surface area contributed by atoms with Crippen LogP contribution in [0.4, 0.5) is 28.9 Å². The van der Waals surface area contributed by atoms with Gasteiger partial charge in [0.1, 0.15) is 11.4 Å². The molecular weight excluding hydrogens is 324 g/mol. The lowest BCUT2D eigenvalue weighted by Crippen LogP contribution is -2.11. The zero-order chi connectivity index (χ0) is 17.4. The van der Waals surface area contributed by atoms with Gasteiger partial charge in [-0.25, -0.2) is 4.39 Å². The minimum Gasteiger partial charge on any atom is -0.258 e. The van der Waals surface area contributed by atoms with E-state index in [0.717, 1.165) is 24.3 Å². The van der Waals surface area contributed by atoms with Gasteiger partial charge in [-0.1, -0.05) is 12.1 Å². The van der Waals surface area contributed by atoms with E-state index >= 15 is 0 Å². The molecule has 0 spiro atoms. The van der Waals surface area contributed by atoms with Crippen LogP contribution in [-0.4, -0.2) is 9.85 Å². The van der Waals surface area contributed by atoms with Crippen molar-refractivity contribution in [3.8, 4) is 11.1 Å². The highest BCUT2D eigenvalue weighted by molar-refractivity contribution is 5.75. The molecule has 0 aliphatic heterocycles. The highest BCUT2D eigenvalue weighted by Crippen LogP contribution is 2.44. The second-order valence-corrected chi connectivity index (χ2v) is 4.41. The predicted octanol–water partition coefficient (Wildman–Crippen LogP) is 4.33. The molecule has 10 heteroatoms. The molecule has 2 rings (SSSR count). The summed E-state index contributed by atoms with van der Waals surface area (Å²) < 4.78 is 52.6. The Morgan fingerprint density at radius 3 is 1.91 bits per heavy atom. The van der Waals surface area contributed by atoms with Crippen LogP contribution in [0.3, 0.4) is 0 Å². The third-order valence-electron chi connectivity index (χ3n) is 2.95. The molecule has 0 aliphatic carbocycles. The fraction of sp³-hybridized carbons (Fsp3) is 0.0769. The highest BCUT2D eigenvalue weighted by atomic mass is 19.4. The molecule has 23 heavy (non-hydrogen) atoms. The number of hydrogen-bond donors (Lipinski definition) is 0. The number of benzene rings is 2. The predicted molar refractivity (Wildman–Crippen MR) is 70.1 cm³/mol. The van der Waals surface area contributed by atoms with Crippen LogP contribution in [0.2, 0.25) is 0 Å². The van der Waals surface area contributed by atoms with Gasteiger partial charge in [0.2, 0.25) is 0 Å². The standard InChI is InChI=1S/C13H6F4N2O4/c14-8-3-1-7(2-4-8)10-5-9(18(20)21)6-11(19(22)23)12(10)13(15,16)17/h1-6H. The SMILES string of the molecule is O=[N+]([O-])c1cc(-c2ccc(F)cc2)c(C(F)(F)F)c([N+](=O)[O-])c1. The molecule has 6 nitrogen and oxygen atoms in total. The average molecular weight is 330 g/mol. The Morgan fingerprint density at radius 2 is 1.48 bits per heavy atom. The Kier molecular flexibility index (Phi) is 4.00. The Bertz CT molecular complexity index is 788. The molecular formula is C13H6F4N2O4. The Balaban J connectivity index is 2.88. The lowest BCUT2D eigenvalue weighted by molar-refractivity contribution is -0.395. The van der Waals surface area contributed by atoms with Gasteiger partial charge in [-0.3, -0.25) is 20.2 Å². The first kappa shape index (κ1) is 16.3. The fourth-order valence-electron chi connectivity index (χ4n) is 2.02. The van der Waals surface area contributed by atoms with Crippen molar-refractivity contribution in [2.24, 2.45) is 0 Å². The molecule has 0 aromatic heterocycles. The summed E-state index contributed by atoms with van der Waals surface area (Å²) in [5.74, 6) is -0.734. The second-order valence-electron chi connectivity index (χ2n) is 4.41. The average Bonchev–Trinajstić information content (AvgIpc) is 2.45. The molecule has 0 heterocycles. The van der Waals surface area contributed by atoms with E-state index in [2.05, 4.69) is 0 Å². The zero-order valence-corrected chi connectivity index (χ0v) is 11.0. The summed E-state index contributed by atoms with van der Waals surface area (Å²) in [6, 6.07) is 4.42. The van der Waals surface area contributed by atoms with Gasteiger partial charge in [0, 0.05) is 11.6 Å². The van der Waals surface area contributed by atoms with Crippen LogP contribution in [0.5, 0.6) is 0 Å². The summed E-state index contributed by atoms with van der Waals surface area (Å²) in [6.45, 7) is 0. The summed E-state index contributed by atoms with van der Waals surface area (Å²) in [5, 5.41) is 21.7. The Hall–Kier alpha value is -3.04. The number of alkyl halides is 3. The molecule has 2 aromatic carbocycles. The molecule has 0 aliphatic rings. The maximum Gasteiger partial charge on any atom is 0.423 e. The zero-order valence-electron chi connectivity index (χ0n) is 11.0. The van der Waals surface area contributed by atoms with Crippen LogP contribution in [0.15, 0.2) is 36.4 Å². The monoisotopic (exact) mass is 330 g/mol. The molecule has 0 unspecified atom stereocenters. The molecule has 120 valence electrons. The van der Waals surface area contributed by atoms with Crippen molar-refractivity contribution in [3.63, 3.8) is 0 Å². The van der Waals surface area contributed by atoms with Crippen molar-refractivity contribution in [1.29, 1.82) is 0 Å². The number of nitrogens with zero attached hydrogens (tertiary/aromatic N) is 2. The summed E-state index contributed by atoms with van der Waals surface area (Å²) in [6.07, 6.45) is -5.12. The third kappa shape index (κ3) is 3.25. The minimum absolute atomic E-state index is 0.231. The first-order valence-corrected chi connectivity index (χ1v) is 5.91. The van der Waals surface area contributed by atoms with Crippen molar-refractivity contribution in [2.75, 3.05) is 0 Å². The molecule has 2 aromatic rings. The van der Waals surface area contributed by atoms with Crippen LogP contribution < -0.4 is 0 Å². The number of non-ortho nitro benzene ring substituents is 1. The first-order chi connectivity index (χ1) is 10.6. The normalized spacial score (nSPS) is 11.3. The quantitative estimate of drug-likeness (QED) is 0.476. The molecule has 0 saturated carbocycles. The molecule has 0 bridgehead atoms. The number of halogens is 4. The van der Waals surface area contributed by atoms with E-state index in [1.165, 1.54) is 0 Å². The van der Waals surface area contributed by atoms with Crippen LogP contribution in [0, 0.1) is 26.0 Å². The Labute approximate surface area is 125 Å². The van der Waals surface area contributed by atoms with Gasteiger partial charge >= 0.3 is 6.18 Å². The van der Waals surface area contributed by atoms with Crippen LogP contribution in [0.1, 0.15) is 5.56 Å². The summed E-state index contributed by atoms with van der Waals surface area (Å²) in [5.41, 5.74) is -4.93. The first-order valence-electron chi connectivity index (χ1n) is 5.91. The van der Waals surface area contributed by atoms with Gasteiger partial charge in [0.15, 0.2) is 0 Å². The van der Waals surface area contributed by atoms with E-state index in [-0.39, 0.29) is 11.6 Å². The smallest absolute Gasteiger partial charge is 0.258 e. The highest BCUT2D eigenvalue weighted by Gasteiger charge is 2.42. The number of rotatable bonds is 3. The summed E-state index contributed by atoms with van der Waals surface area (Å²) >= 11 is 0. The maximum atomic E-state index is 13.2.